The zero-order valence-corrected chi connectivity index (χ0v) is 18.1. The molecule has 0 unspecified atom stereocenters. The summed E-state index contributed by atoms with van der Waals surface area (Å²) in [6.45, 7) is 4.39. The number of fused-ring (bicyclic) bond motifs is 1. The number of nitrogens with one attached hydrogen (secondary N) is 1. The van der Waals surface area contributed by atoms with Gasteiger partial charge in [-0.1, -0.05) is 42.1 Å². The summed E-state index contributed by atoms with van der Waals surface area (Å²) in [5.41, 5.74) is 11.3. The van der Waals surface area contributed by atoms with Gasteiger partial charge in [0.1, 0.15) is 0 Å². The maximum Gasteiger partial charge on any atom is 0.255 e. The average molecular weight is 419 g/mol. The molecule has 30 heavy (non-hydrogen) atoms. The quantitative estimate of drug-likeness (QED) is 0.407. The number of anilines is 2. The Kier molecular flexibility index (Phi) is 5.95. The Morgan fingerprint density at radius 2 is 1.97 bits per heavy atom. The van der Waals surface area contributed by atoms with Crippen molar-refractivity contribution in [2.24, 2.45) is 0 Å². The maximum absolute atomic E-state index is 12.5. The molecule has 0 bridgehead atoms. The number of benzene rings is 2. The Balaban J connectivity index is 1.43. The highest BCUT2D eigenvalue weighted by Gasteiger charge is 2.19. The topological polar surface area (TPSA) is 72.9 Å². The number of nitrogens with zero attached hydrogens (tertiary/aromatic N) is 2. The minimum Gasteiger partial charge on any atom is -0.397 e. The number of carbonyl (C=O) groups is 1. The van der Waals surface area contributed by atoms with Crippen molar-refractivity contribution in [3.63, 3.8) is 0 Å². The van der Waals surface area contributed by atoms with Crippen LogP contribution in [-0.2, 0) is 12.2 Å². The molecule has 0 saturated heterocycles. The molecule has 1 heterocycles. The molecule has 0 aliphatic heterocycles. The predicted molar refractivity (Wildman–Crippen MR) is 125 cm³/mol. The fourth-order valence-corrected chi connectivity index (χ4v) is 4.66. The van der Waals surface area contributed by atoms with E-state index in [4.69, 9.17) is 10.7 Å². The van der Waals surface area contributed by atoms with Crippen molar-refractivity contribution in [1.82, 2.24) is 9.55 Å². The Morgan fingerprint density at radius 1 is 1.20 bits per heavy atom. The van der Waals surface area contributed by atoms with E-state index >= 15 is 0 Å². The predicted octanol–water partition coefficient (Wildman–Crippen LogP) is 5.55. The van der Waals surface area contributed by atoms with Crippen molar-refractivity contribution < 1.29 is 4.79 Å². The molecule has 5 nitrogen and oxygen atoms in total. The summed E-state index contributed by atoms with van der Waals surface area (Å²) in [4.78, 5) is 17.4. The molecule has 3 N–H and O–H groups in total. The summed E-state index contributed by atoms with van der Waals surface area (Å²) in [5, 5.41) is 3.92. The van der Waals surface area contributed by atoms with Crippen LogP contribution in [0.1, 0.15) is 53.6 Å². The number of aryl methyl sites for hydroxylation is 1. The van der Waals surface area contributed by atoms with E-state index in [9.17, 15) is 4.79 Å². The lowest BCUT2D eigenvalue weighted by Crippen LogP contribution is -2.13. The third kappa shape index (κ3) is 4.28. The van der Waals surface area contributed by atoms with Gasteiger partial charge in [-0.15, -0.1) is 0 Å². The first-order valence-electron chi connectivity index (χ1n) is 10.2. The van der Waals surface area contributed by atoms with E-state index in [1.807, 2.05) is 36.4 Å². The van der Waals surface area contributed by atoms with Gasteiger partial charge in [-0.2, -0.15) is 0 Å². The average Bonchev–Trinajstić information content (AvgIpc) is 3.13. The molecule has 0 spiro atoms. The van der Waals surface area contributed by atoms with Gasteiger partial charge in [0.25, 0.3) is 5.91 Å². The number of thioether (sulfide) groups is 1. The molecule has 0 atom stereocenters. The van der Waals surface area contributed by atoms with Crippen LogP contribution in [0, 0.1) is 0 Å². The molecule has 2 aromatic carbocycles. The molecular formula is C24H26N4OS. The van der Waals surface area contributed by atoms with Crippen LogP contribution in [0.2, 0.25) is 0 Å². The number of nitrogens with two attached hydrogens (primary N) is 1. The van der Waals surface area contributed by atoms with Gasteiger partial charge < -0.3 is 15.6 Å². The molecule has 6 heteroatoms. The summed E-state index contributed by atoms with van der Waals surface area (Å²) in [7, 11) is 0. The summed E-state index contributed by atoms with van der Waals surface area (Å²) in [5.74, 6) is 0.641. The molecule has 0 fully saturated rings. The van der Waals surface area contributed by atoms with E-state index in [0.29, 0.717) is 23.0 Å². The highest BCUT2D eigenvalue weighted by Crippen LogP contribution is 2.31. The van der Waals surface area contributed by atoms with Crippen LogP contribution in [-0.4, -0.2) is 15.5 Å². The minimum absolute atomic E-state index is 0.165. The van der Waals surface area contributed by atoms with Crippen molar-refractivity contribution in [2.45, 2.75) is 43.6 Å². The first-order valence-corrected chi connectivity index (χ1v) is 11.2. The number of rotatable bonds is 6. The van der Waals surface area contributed by atoms with Gasteiger partial charge in [0.05, 0.1) is 22.8 Å². The zero-order chi connectivity index (χ0) is 21.1. The van der Waals surface area contributed by atoms with E-state index in [2.05, 4.69) is 35.9 Å². The monoisotopic (exact) mass is 418 g/mol. The molecule has 1 aliphatic rings. The molecule has 0 saturated carbocycles. The number of carbonyl (C=O) groups excluding carboxylic acids is 1. The van der Waals surface area contributed by atoms with E-state index in [-0.39, 0.29) is 5.91 Å². The number of aromatic nitrogens is 2. The first-order chi connectivity index (χ1) is 14.5. The molecule has 1 aliphatic carbocycles. The second kappa shape index (κ2) is 8.79. The fraction of sp³-hybridized carbons (Fsp3) is 0.250. The number of allylic oxidation sites excluding steroid dienone is 1. The highest BCUT2D eigenvalue weighted by atomic mass is 32.2. The number of amides is 1. The van der Waals surface area contributed by atoms with Gasteiger partial charge in [0.2, 0.25) is 0 Å². The smallest absolute Gasteiger partial charge is 0.255 e. The van der Waals surface area contributed by atoms with Crippen molar-refractivity contribution in [3.05, 3.63) is 77.1 Å². The Morgan fingerprint density at radius 3 is 2.70 bits per heavy atom. The Hall–Kier alpha value is -2.99. The van der Waals surface area contributed by atoms with Crippen LogP contribution in [0.5, 0.6) is 0 Å². The first kappa shape index (κ1) is 20.3. The van der Waals surface area contributed by atoms with Crippen LogP contribution in [0.3, 0.4) is 0 Å². The van der Waals surface area contributed by atoms with Gasteiger partial charge in [-0.25, -0.2) is 4.98 Å². The second-order valence-electron chi connectivity index (χ2n) is 7.66. The van der Waals surface area contributed by atoms with Crippen molar-refractivity contribution >= 4 is 35.1 Å². The third-order valence-corrected chi connectivity index (χ3v) is 6.15. The van der Waals surface area contributed by atoms with Gasteiger partial charge >= 0.3 is 0 Å². The number of para-hydroxylation sites is 2. The van der Waals surface area contributed by atoms with Crippen LogP contribution in [0.25, 0.3) is 6.08 Å². The van der Waals surface area contributed by atoms with Crippen molar-refractivity contribution in [3.8, 4) is 0 Å². The fourth-order valence-electron chi connectivity index (χ4n) is 3.55. The van der Waals surface area contributed by atoms with Crippen LogP contribution < -0.4 is 11.1 Å². The summed E-state index contributed by atoms with van der Waals surface area (Å²) in [6.07, 6.45) is 6.49. The normalized spacial score (nSPS) is 12.8. The third-order valence-electron chi connectivity index (χ3n) is 5.12. The SMILES string of the molecule is CC(C)n1c(SCc2ccc(C(=O)Nc3ccccc3N)cc2)nc2c1C=CCC2. The summed E-state index contributed by atoms with van der Waals surface area (Å²) < 4.78 is 2.32. The minimum atomic E-state index is -0.165. The molecule has 3 aromatic rings. The molecular weight excluding hydrogens is 392 g/mol. The van der Waals surface area contributed by atoms with E-state index in [1.165, 1.54) is 11.4 Å². The van der Waals surface area contributed by atoms with Gasteiger partial charge in [0, 0.05) is 17.4 Å². The van der Waals surface area contributed by atoms with E-state index in [1.54, 1.807) is 23.9 Å². The maximum atomic E-state index is 12.5. The lowest BCUT2D eigenvalue weighted by molar-refractivity contribution is 0.102. The number of imidazole rings is 1. The van der Waals surface area contributed by atoms with E-state index in [0.717, 1.165) is 29.3 Å². The molecule has 4 rings (SSSR count). The largest absolute Gasteiger partial charge is 0.397 e. The number of hydrogen-bond acceptors (Lipinski definition) is 4. The number of hydrogen-bond donors (Lipinski definition) is 2. The summed E-state index contributed by atoms with van der Waals surface area (Å²) >= 11 is 1.74. The van der Waals surface area contributed by atoms with Crippen LogP contribution in [0.4, 0.5) is 11.4 Å². The standard InChI is InChI=1S/C24H26N4OS/c1-16(2)28-22-10-6-5-9-21(22)27-24(28)30-15-17-11-13-18(14-12-17)23(29)26-20-8-4-3-7-19(20)25/h3-4,6-8,10-14,16H,5,9,15,25H2,1-2H3,(H,26,29). The van der Waals surface area contributed by atoms with Crippen LogP contribution in [0.15, 0.2) is 59.8 Å². The van der Waals surface area contributed by atoms with E-state index < -0.39 is 0 Å². The van der Waals surface area contributed by atoms with Gasteiger partial charge in [0.15, 0.2) is 5.16 Å². The molecule has 1 aromatic heterocycles. The Labute approximate surface area is 181 Å². The lowest BCUT2D eigenvalue weighted by Gasteiger charge is -2.15. The molecule has 0 radical (unpaired) electrons. The van der Waals surface area contributed by atoms with Gasteiger partial charge in [-0.05, 0) is 62.6 Å². The van der Waals surface area contributed by atoms with Gasteiger partial charge in [-0.3, -0.25) is 4.79 Å². The zero-order valence-electron chi connectivity index (χ0n) is 17.3. The Bertz CT molecular complexity index is 1080. The molecule has 1 amide bonds. The molecule has 154 valence electrons. The highest BCUT2D eigenvalue weighted by molar-refractivity contribution is 7.98. The summed E-state index contributed by atoms with van der Waals surface area (Å²) in [6, 6.07) is 15.3. The van der Waals surface area contributed by atoms with Crippen molar-refractivity contribution in [2.75, 3.05) is 11.1 Å². The van der Waals surface area contributed by atoms with Crippen molar-refractivity contribution in [1.29, 1.82) is 0 Å². The lowest BCUT2D eigenvalue weighted by atomic mass is 10.1. The van der Waals surface area contributed by atoms with Crippen LogP contribution >= 0.6 is 11.8 Å². The second-order valence-corrected chi connectivity index (χ2v) is 8.60. The number of nitrogen functional groups attached to an aromatic ring is 1.